The van der Waals surface area contributed by atoms with Crippen LogP contribution in [0.2, 0.25) is 5.15 Å². The highest BCUT2D eigenvalue weighted by molar-refractivity contribution is 9.10. The molecule has 1 aromatic carbocycles. The van der Waals surface area contributed by atoms with E-state index in [-0.39, 0.29) is 0 Å². The summed E-state index contributed by atoms with van der Waals surface area (Å²) in [7, 11) is 0. The normalized spacial score (nSPS) is 10.6. The molecule has 2 nitrogen and oxygen atoms in total. The predicted molar refractivity (Wildman–Crippen MR) is 74.3 cm³/mol. The Balaban J connectivity index is 2.54. The third kappa shape index (κ3) is 2.67. The largest absolute Gasteiger partial charge is 0.233 e. The quantitative estimate of drug-likeness (QED) is 0.767. The van der Waals surface area contributed by atoms with Gasteiger partial charge in [-0.1, -0.05) is 46.6 Å². The van der Waals surface area contributed by atoms with Gasteiger partial charge >= 0.3 is 0 Å². The average molecular weight is 312 g/mol. The lowest BCUT2D eigenvalue weighted by Gasteiger charge is -2.08. The van der Waals surface area contributed by atoms with E-state index in [1.165, 1.54) is 0 Å². The van der Waals surface area contributed by atoms with Crippen molar-refractivity contribution < 1.29 is 0 Å². The highest BCUT2D eigenvalue weighted by atomic mass is 79.9. The molecule has 1 heterocycles. The summed E-state index contributed by atoms with van der Waals surface area (Å²) in [6.45, 7) is 4.02. The molecular weight excluding hydrogens is 300 g/mol. The SMILES string of the molecule is CCc1c(C)nc(-c2cccc(Br)c2)nc1Cl. The summed E-state index contributed by atoms with van der Waals surface area (Å²) in [6.07, 6.45) is 0.851. The van der Waals surface area contributed by atoms with Crippen molar-refractivity contribution in [3.63, 3.8) is 0 Å². The van der Waals surface area contributed by atoms with Gasteiger partial charge in [-0.25, -0.2) is 9.97 Å². The fourth-order valence-electron chi connectivity index (χ4n) is 1.72. The van der Waals surface area contributed by atoms with Gasteiger partial charge in [0.25, 0.3) is 0 Å². The standard InChI is InChI=1S/C13H12BrClN2/c1-3-11-8(2)16-13(17-12(11)15)9-5-4-6-10(14)7-9/h4-7H,3H2,1-2H3. The van der Waals surface area contributed by atoms with Crippen molar-refractivity contribution in [1.29, 1.82) is 0 Å². The number of halogens is 2. The van der Waals surface area contributed by atoms with Crippen LogP contribution < -0.4 is 0 Å². The maximum atomic E-state index is 6.16. The molecule has 0 unspecified atom stereocenters. The van der Waals surface area contributed by atoms with Crippen LogP contribution in [0.3, 0.4) is 0 Å². The fourth-order valence-corrected chi connectivity index (χ4v) is 2.47. The first-order chi connectivity index (χ1) is 8.11. The van der Waals surface area contributed by atoms with Crippen LogP contribution >= 0.6 is 27.5 Å². The Morgan fingerprint density at radius 1 is 1.29 bits per heavy atom. The Labute approximate surface area is 114 Å². The van der Waals surface area contributed by atoms with Crippen LogP contribution in [0.5, 0.6) is 0 Å². The van der Waals surface area contributed by atoms with Gasteiger partial charge in [0.05, 0.1) is 0 Å². The average Bonchev–Trinajstić information content (AvgIpc) is 2.28. The van der Waals surface area contributed by atoms with E-state index in [0.717, 1.165) is 27.7 Å². The zero-order chi connectivity index (χ0) is 12.4. The van der Waals surface area contributed by atoms with Crippen molar-refractivity contribution in [2.45, 2.75) is 20.3 Å². The summed E-state index contributed by atoms with van der Waals surface area (Å²) in [5.74, 6) is 0.672. The third-order valence-electron chi connectivity index (χ3n) is 2.60. The molecule has 0 radical (unpaired) electrons. The van der Waals surface area contributed by atoms with Gasteiger partial charge in [0.15, 0.2) is 5.82 Å². The van der Waals surface area contributed by atoms with Crippen LogP contribution in [0.4, 0.5) is 0 Å². The maximum Gasteiger partial charge on any atom is 0.161 e. The molecule has 0 saturated heterocycles. The molecule has 0 aliphatic heterocycles. The van der Waals surface area contributed by atoms with Gasteiger partial charge in [-0.2, -0.15) is 0 Å². The zero-order valence-corrected chi connectivity index (χ0v) is 12.0. The van der Waals surface area contributed by atoms with E-state index in [4.69, 9.17) is 11.6 Å². The van der Waals surface area contributed by atoms with Crippen LogP contribution in [0.25, 0.3) is 11.4 Å². The molecule has 0 N–H and O–H groups in total. The van der Waals surface area contributed by atoms with Crippen molar-refractivity contribution >= 4 is 27.5 Å². The minimum absolute atomic E-state index is 0.551. The molecule has 0 aliphatic rings. The second kappa shape index (κ2) is 5.15. The van der Waals surface area contributed by atoms with E-state index in [2.05, 4.69) is 32.8 Å². The van der Waals surface area contributed by atoms with Gasteiger partial charge in [0, 0.05) is 21.3 Å². The predicted octanol–water partition coefficient (Wildman–Crippen LogP) is 4.43. The van der Waals surface area contributed by atoms with E-state index < -0.39 is 0 Å². The summed E-state index contributed by atoms with van der Waals surface area (Å²) in [4.78, 5) is 8.85. The first-order valence-corrected chi connectivity index (χ1v) is 6.58. The third-order valence-corrected chi connectivity index (χ3v) is 3.41. The molecule has 0 spiro atoms. The number of rotatable bonds is 2. The number of aryl methyl sites for hydroxylation is 1. The molecule has 2 aromatic rings. The van der Waals surface area contributed by atoms with E-state index in [9.17, 15) is 0 Å². The Morgan fingerprint density at radius 3 is 2.65 bits per heavy atom. The summed E-state index contributed by atoms with van der Waals surface area (Å²) in [6, 6.07) is 7.89. The van der Waals surface area contributed by atoms with Crippen molar-refractivity contribution in [2.75, 3.05) is 0 Å². The van der Waals surface area contributed by atoms with Crippen LogP contribution in [0.1, 0.15) is 18.2 Å². The second-order valence-corrected chi connectivity index (χ2v) is 5.04. The number of benzene rings is 1. The molecule has 4 heteroatoms. The van der Waals surface area contributed by atoms with Crippen LogP contribution in [-0.2, 0) is 6.42 Å². The molecule has 0 atom stereocenters. The minimum Gasteiger partial charge on any atom is -0.233 e. The van der Waals surface area contributed by atoms with Crippen LogP contribution in [-0.4, -0.2) is 9.97 Å². The Bertz CT molecular complexity index is 532. The first-order valence-electron chi connectivity index (χ1n) is 5.40. The molecule has 1 aromatic heterocycles. The minimum atomic E-state index is 0.551. The molecule has 0 saturated carbocycles. The maximum absolute atomic E-state index is 6.16. The smallest absolute Gasteiger partial charge is 0.161 e. The molecular formula is C13H12BrClN2. The Hall–Kier alpha value is -0.930. The van der Waals surface area contributed by atoms with Crippen LogP contribution in [0, 0.1) is 6.92 Å². The lowest BCUT2D eigenvalue weighted by molar-refractivity contribution is 1.00. The summed E-state index contributed by atoms with van der Waals surface area (Å²) in [5, 5.41) is 0.551. The lowest BCUT2D eigenvalue weighted by Crippen LogP contribution is -1.99. The molecule has 17 heavy (non-hydrogen) atoms. The van der Waals surface area contributed by atoms with Gasteiger partial charge in [-0.3, -0.25) is 0 Å². The molecule has 0 bridgehead atoms. The van der Waals surface area contributed by atoms with Crippen molar-refractivity contribution in [3.8, 4) is 11.4 Å². The van der Waals surface area contributed by atoms with E-state index in [0.29, 0.717) is 11.0 Å². The van der Waals surface area contributed by atoms with Gasteiger partial charge in [-0.05, 0) is 25.5 Å². The van der Waals surface area contributed by atoms with Gasteiger partial charge in [0.1, 0.15) is 5.15 Å². The molecule has 88 valence electrons. The summed E-state index contributed by atoms with van der Waals surface area (Å²) >= 11 is 9.60. The second-order valence-electron chi connectivity index (χ2n) is 3.77. The zero-order valence-electron chi connectivity index (χ0n) is 9.67. The molecule has 0 aliphatic carbocycles. The first kappa shape index (κ1) is 12.5. The highest BCUT2D eigenvalue weighted by Crippen LogP contribution is 2.24. The Kier molecular flexibility index (Phi) is 3.79. The number of hydrogen-bond acceptors (Lipinski definition) is 2. The fraction of sp³-hybridized carbons (Fsp3) is 0.231. The van der Waals surface area contributed by atoms with E-state index in [1.807, 2.05) is 31.2 Å². The van der Waals surface area contributed by atoms with Gasteiger partial charge < -0.3 is 0 Å². The topological polar surface area (TPSA) is 25.8 Å². The molecule has 2 rings (SSSR count). The van der Waals surface area contributed by atoms with Crippen molar-refractivity contribution in [1.82, 2.24) is 9.97 Å². The van der Waals surface area contributed by atoms with Crippen LogP contribution in [0.15, 0.2) is 28.7 Å². The summed E-state index contributed by atoms with van der Waals surface area (Å²) in [5.41, 5.74) is 2.93. The van der Waals surface area contributed by atoms with E-state index in [1.54, 1.807) is 0 Å². The van der Waals surface area contributed by atoms with Gasteiger partial charge in [-0.15, -0.1) is 0 Å². The number of nitrogens with zero attached hydrogens (tertiary/aromatic N) is 2. The number of aromatic nitrogens is 2. The lowest BCUT2D eigenvalue weighted by atomic mass is 10.1. The molecule has 0 amide bonds. The van der Waals surface area contributed by atoms with Crippen molar-refractivity contribution in [3.05, 3.63) is 45.1 Å². The highest BCUT2D eigenvalue weighted by Gasteiger charge is 2.09. The molecule has 0 fully saturated rings. The van der Waals surface area contributed by atoms with Crippen molar-refractivity contribution in [2.24, 2.45) is 0 Å². The van der Waals surface area contributed by atoms with E-state index >= 15 is 0 Å². The van der Waals surface area contributed by atoms with Gasteiger partial charge in [0.2, 0.25) is 0 Å². The number of hydrogen-bond donors (Lipinski definition) is 0. The summed E-state index contributed by atoms with van der Waals surface area (Å²) < 4.78 is 1.01. The Morgan fingerprint density at radius 2 is 2.06 bits per heavy atom. The monoisotopic (exact) mass is 310 g/mol.